The number of carbonyl (C=O) groups is 2. The number of carbonyl (C=O) groups excluding carboxylic acids is 2. The molecule has 1 aromatic rings. The van der Waals surface area contributed by atoms with Gasteiger partial charge in [0.1, 0.15) is 6.54 Å². The maximum Gasteiger partial charge on any atom is 0.325 e. The highest BCUT2D eigenvalue weighted by atomic mass is 35.5. The van der Waals surface area contributed by atoms with Gasteiger partial charge in [-0.05, 0) is 30.7 Å². The first-order chi connectivity index (χ1) is 9.06. The van der Waals surface area contributed by atoms with Crippen LogP contribution in [0.25, 0.3) is 6.08 Å². The van der Waals surface area contributed by atoms with E-state index in [-0.39, 0.29) is 12.5 Å². The van der Waals surface area contributed by atoms with E-state index in [1.54, 1.807) is 31.2 Å². The molecule has 1 aromatic carbocycles. The minimum atomic E-state index is -0.439. The SMILES string of the molecule is CCN(CC(=O)OC)C(=O)/C=C/c1cccc(Cl)c1. The summed E-state index contributed by atoms with van der Waals surface area (Å²) in [4.78, 5) is 24.4. The van der Waals surface area contributed by atoms with E-state index in [4.69, 9.17) is 11.6 Å². The number of ether oxygens (including phenoxy) is 1. The molecule has 0 spiro atoms. The van der Waals surface area contributed by atoms with Crippen LogP contribution < -0.4 is 0 Å². The molecule has 0 saturated carbocycles. The lowest BCUT2D eigenvalue weighted by Gasteiger charge is -2.17. The summed E-state index contributed by atoms with van der Waals surface area (Å²) in [5, 5.41) is 0.608. The highest BCUT2D eigenvalue weighted by Gasteiger charge is 2.12. The van der Waals surface area contributed by atoms with E-state index in [0.29, 0.717) is 11.6 Å². The molecule has 0 heterocycles. The second-order valence-corrected chi connectivity index (χ2v) is 4.25. The molecule has 19 heavy (non-hydrogen) atoms. The number of benzene rings is 1. The molecule has 5 heteroatoms. The molecule has 0 saturated heterocycles. The van der Waals surface area contributed by atoms with Gasteiger partial charge in [0.15, 0.2) is 0 Å². The van der Waals surface area contributed by atoms with Crippen molar-refractivity contribution >= 4 is 29.6 Å². The summed E-state index contributed by atoms with van der Waals surface area (Å²) in [7, 11) is 1.29. The average Bonchev–Trinajstić information content (AvgIpc) is 2.41. The van der Waals surface area contributed by atoms with Crippen LogP contribution in [0.5, 0.6) is 0 Å². The van der Waals surface area contributed by atoms with Crippen molar-refractivity contribution in [1.82, 2.24) is 4.90 Å². The predicted octanol–water partition coefficient (Wildman–Crippen LogP) is 2.37. The number of likely N-dealkylation sites (N-methyl/N-ethyl adjacent to an activating group) is 1. The van der Waals surface area contributed by atoms with E-state index in [1.807, 2.05) is 6.07 Å². The van der Waals surface area contributed by atoms with Crippen LogP contribution >= 0.6 is 11.6 Å². The number of halogens is 1. The van der Waals surface area contributed by atoms with Crippen molar-refractivity contribution < 1.29 is 14.3 Å². The maximum atomic E-state index is 11.9. The largest absolute Gasteiger partial charge is 0.468 e. The molecule has 4 nitrogen and oxygen atoms in total. The molecular formula is C14H16ClNO3. The second-order valence-electron chi connectivity index (χ2n) is 3.82. The predicted molar refractivity (Wildman–Crippen MR) is 74.8 cm³/mol. The van der Waals surface area contributed by atoms with E-state index in [0.717, 1.165) is 5.56 Å². The van der Waals surface area contributed by atoms with Crippen molar-refractivity contribution in [2.75, 3.05) is 20.2 Å². The molecule has 0 aliphatic rings. The molecule has 0 aliphatic heterocycles. The number of amides is 1. The van der Waals surface area contributed by atoms with Gasteiger partial charge in [0, 0.05) is 17.6 Å². The topological polar surface area (TPSA) is 46.6 Å². The number of hydrogen-bond donors (Lipinski definition) is 0. The van der Waals surface area contributed by atoms with Crippen LogP contribution in [0.4, 0.5) is 0 Å². The Labute approximate surface area is 117 Å². The van der Waals surface area contributed by atoms with Crippen LogP contribution in [-0.4, -0.2) is 37.0 Å². The van der Waals surface area contributed by atoms with E-state index in [1.165, 1.54) is 18.1 Å². The molecule has 0 unspecified atom stereocenters. The molecule has 0 bridgehead atoms. The Balaban J connectivity index is 2.69. The monoisotopic (exact) mass is 281 g/mol. The third kappa shape index (κ3) is 5.14. The number of hydrogen-bond acceptors (Lipinski definition) is 3. The first kappa shape index (κ1) is 15.2. The summed E-state index contributed by atoms with van der Waals surface area (Å²) in [5.41, 5.74) is 0.829. The Morgan fingerprint density at radius 1 is 1.42 bits per heavy atom. The Morgan fingerprint density at radius 2 is 2.16 bits per heavy atom. The van der Waals surface area contributed by atoms with E-state index < -0.39 is 5.97 Å². The van der Waals surface area contributed by atoms with Gasteiger partial charge >= 0.3 is 5.97 Å². The van der Waals surface area contributed by atoms with Crippen molar-refractivity contribution in [3.8, 4) is 0 Å². The van der Waals surface area contributed by atoms with Crippen molar-refractivity contribution in [3.05, 3.63) is 40.9 Å². The molecule has 0 aromatic heterocycles. The Bertz CT molecular complexity index is 485. The lowest BCUT2D eigenvalue weighted by Crippen LogP contribution is -2.34. The van der Waals surface area contributed by atoms with Gasteiger partial charge in [0.25, 0.3) is 0 Å². The molecule has 0 aliphatic carbocycles. The summed E-state index contributed by atoms with van der Waals surface area (Å²) < 4.78 is 4.54. The third-order valence-electron chi connectivity index (χ3n) is 2.51. The second kappa shape index (κ2) is 7.59. The minimum absolute atomic E-state index is 0.0499. The van der Waals surface area contributed by atoms with Crippen LogP contribution in [0.1, 0.15) is 12.5 Å². The smallest absolute Gasteiger partial charge is 0.325 e. The number of nitrogens with zero attached hydrogens (tertiary/aromatic N) is 1. The van der Waals surface area contributed by atoms with E-state index >= 15 is 0 Å². The van der Waals surface area contributed by atoms with Gasteiger partial charge in [-0.15, -0.1) is 0 Å². The van der Waals surface area contributed by atoms with Crippen molar-refractivity contribution in [2.24, 2.45) is 0 Å². The van der Waals surface area contributed by atoms with Crippen LogP contribution in [0.3, 0.4) is 0 Å². The van der Waals surface area contributed by atoms with Gasteiger partial charge in [0.2, 0.25) is 5.91 Å². The zero-order chi connectivity index (χ0) is 14.3. The Kier molecular flexibility index (Phi) is 6.09. The minimum Gasteiger partial charge on any atom is -0.468 e. The molecule has 1 rings (SSSR count). The van der Waals surface area contributed by atoms with Gasteiger partial charge in [-0.1, -0.05) is 23.7 Å². The van der Waals surface area contributed by atoms with Crippen LogP contribution in [0.2, 0.25) is 5.02 Å². The van der Waals surface area contributed by atoms with Gasteiger partial charge in [0.05, 0.1) is 7.11 Å². The van der Waals surface area contributed by atoms with E-state index in [2.05, 4.69) is 4.74 Å². The zero-order valence-electron chi connectivity index (χ0n) is 10.9. The highest BCUT2D eigenvalue weighted by molar-refractivity contribution is 6.30. The summed E-state index contributed by atoms with van der Waals surface area (Å²) in [5.74, 6) is -0.681. The first-order valence-corrected chi connectivity index (χ1v) is 6.24. The molecule has 102 valence electrons. The fourth-order valence-electron chi connectivity index (χ4n) is 1.45. The van der Waals surface area contributed by atoms with Crippen LogP contribution in [0.15, 0.2) is 30.3 Å². The molecular weight excluding hydrogens is 266 g/mol. The fourth-order valence-corrected chi connectivity index (χ4v) is 1.65. The van der Waals surface area contributed by atoms with Crippen molar-refractivity contribution in [3.63, 3.8) is 0 Å². The fraction of sp³-hybridized carbons (Fsp3) is 0.286. The molecule has 0 fully saturated rings. The quantitative estimate of drug-likeness (QED) is 0.615. The molecule has 1 amide bonds. The molecule has 0 radical (unpaired) electrons. The zero-order valence-corrected chi connectivity index (χ0v) is 11.7. The summed E-state index contributed by atoms with van der Waals surface area (Å²) >= 11 is 5.85. The summed E-state index contributed by atoms with van der Waals surface area (Å²) in [6.07, 6.45) is 3.08. The summed E-state index contributed by atoms with van der Waals surface area (Å²) in [6, 6.07) is 7.16. The highest BCUT2D eigenvalue weighted by Crippen LogP contribution is 2.11. The summed E-state index contributed by atoms with van der Waals surface area (Å²) in [6.45, 7) is 2.19. The van der Waals surface area contributed by atoms with E-state index in [9.17, 15) is 9.59 Å². The van der Waals surface area contributed by atoms with Gasteiger partial charge in [-0.2, -0.15) is 0 Å². The maximum absolute atomic E-state index is 11.9. The number of rotatable bonds is 5. The van der Waals surface area contributed by atoms with Crippen molar-refractivity contribution in [1.29, 1.82) is 0 Å². The lowest BCUT2D eigenvalue weighted by atomic mass is 10.2. The lowest BCUT2D eigenvalue weighted by molar-refractivity contribution is -0.145. The molecule has 0 N–H and O–H groups in total. The number of esters is 1. The van der Waals surface area contributed by atoms with Crippen LogP contribution in [0, 0.1) is 0 Å². The van der Waals surface area contributed by atoms with Gasteiger partial charge < -0.3 is 9.64 Å². The number of methoxy groups -OCH3 is 1. The Hall–Kier alpha value is -1.81. The van der Waals surface area contributed by atoms with Gasteiger partial charge in [-0.25, -0.2) is 0 Å². The average molecular weight is 282 g/mol. The van der Waals surface area contributed by atoms with Gasteiger partial charge in [-0.3, -0.25) is 9.59 Å². The first-order valence-electron chi connectivity index (χ1n) is 5.86. The van der Waals surface area contributed by atoms with Crippen molar-refractivity contribution in [2.45, 2.75) is 6.92 Å². The van der Waals surface area contributed by atoms with Crippen LogP contribution in [-0.2, 0) is 14.3 Å². The Morgan fingerprint density at radius 3 is 2.74 bits per heavy atom. The normalized spacial score (nSPS) is 10.5. The standard InChI is InChI=1S/C14H16ClNO3/c1-3-16(10-14(18)19-2)13(17)8-7-11-5-4-6-12(15)9-11/h4-9H,3,10H2,1-2H3/b8-7+. The third-order valence-corrected chi connectivity index (χ3v) is 2.74. The molecule has 0 atom stereocenters.